The van der Waals surface area contributed by atoms with Gasteiger partial charge in [-0.25, -0.2) is 0 Å². The minimum absolute atomic E-state index is 0.584. The molecule has 1 fully saturated rings. The van der Waals surface area contributed by atoms with Gasteiger partial charge in [0.2, 0.25) is 0 Å². The van der Waals surface area contributed by atoms with E-state index < -0.39 is 0 Å². The Kier molecular flexibility index (Phi) is 4.50. The van der Waals surface area contributed by atoms with Crippen molar-refractivity contribution in [2.75, 3.05) is 25.0 Å². The van der Waals surface area contributed by atoms with Gasteiger partial charge in [0.1, 0.15) is 5.00 Å². The third-order valence-corrected chi connectivity index (χ3v) is 3.65. The Morgan fingerprint density at radius 2 is 2.29 bits per heavy atom. The van der Waals surface area contributed by atoms with E-state index in [2.05, 4.69) is 39.7 Å². The Hall–Kier alpha value is -0.940. The second-order valence-electron chi connectivity index (χ2n) is 4.78. The number of anilines is 1. The zero-order valence-electron chi connectivity index (χ0n) is 10.5. The van der Waals surface area contributed by atoms with Crippen molar-refractivity contribution in [3.8, 4) is 0 Å². The number of hydrogen-bond acceptors (Lipinski definition) is 5. The first-order valence-corrected chi connectivity index (χ1v) is 6.91. The summed E-state index contributed by atoms with van der Waals surface area (Å²) in [5.41, 5.74) is 1.40. The molecule has 4 nitrogen and oxygen atoms in total. The van der Waals surface area contributed by atoms with E-state index in [1.807, 2.05) is 0 Å². The number of nitrogens with one attached hydrogen (secondary N) is 1. The monoisotopic (exact) mass is 252 g/mol. The van der Waals surface area contributed by atoms with Crippen LogP contribution in [0.5, 0.6) is 0 Å². The number of hydrogen-bond donors (Lipinski definition) is 1. The Labute approximate surface area is 107 Å². The van der Waals surface area contributed by atoms with Gasteiger partial charge in [-0.3, -0.25) is 4.90 Å². The average molecular weight is 252 g/mol. The zero-order valence-corrected chi connectivity index (χ0v) is 11.3. The van der Waals surface area contributed by atoms with Gasteiger partial charge in [-0.2, -0.15) is 0 Å². The van der Waals surface area contributed by atoms with Crippen LogP contribution in [-0.4, -0.2) is 40.2 Å². The predicted molar refractivity (Wildman–Crippen MR) is 72.4 cm³/mol. The minimum Gasteiger partial charge on any atom is -0.372 e. The molecular formula is C12H20N4S. The van der Waals surface area contributed by atoms with Crippen LogP contribution in [0.4, 0.5) is 5.00 Å². The van der Waals surface area contributed by atoms with Crippen LogP contribution in [0.25, 0.3) is 0 Å². The lowest BCUT2D eigenvalue weighted by molar-refractivity contribution is 0.240. The van der Waals surface area contributed by atoms with Gasteiger partial charge in [-0.05, 0) is 26.7 Å². The summed E-state index contributed by atoms with van der Waals surface area (Å²) in [6.45, 7) is 7.76. The molecule has 5 heteroatoms. The largest absolute Gasteiger partial charge is 0.372 e. The molecule has 2 rings (SSSR count). The van der Waals surface area contributed by atoms with Crippen molar-refractivity contribution in [1.82, 2.24) is 14.5 Å². The molecule has 0 saturated carbocycles. The van der Waals surface area contributed by atoms with Crippen LogP contribution in [0.2, 0.25) is 0 Å². The number of piperidine rings is 1. The van der Waals surface area contributed by atoms with Crippen molar-refractivity contribution in [3.63, 3.8) is 0 Å². The van der Waals surface area contributed by atoms with Gasteiger partial charge in [0.05, 0.1) is 6.20 Å². The van der Waals surface area contributed by atoms with Gasteiger partial charge in [-0.15, -0.1) is 5.10 Å². The van der Waals surface area contributed by atoms with Gasteiger partial charge < -0.3 is 5.32 Å². The highest BCUT2D eigenvalue weighted by atomic mass is 32.1. The highest BCUT2D eigenvalue weighted by Gasteiger charge is 2.18. The van der Waals surface area contributed by atoms with Crippen LogP contribution < -0.4 is 5.32 Å². The first-order chi connectivity index (χ1) is 8.24. The SMILES string of the molecule is CC(C)=CCN1CCC(Nc2cnns2)CC1. The predicted octanol–water partition coefficient (Wildman–Crippen LogP) is 2.38. The molecule has 0 aliphatic carbocycles. The first kappa shape index (κ1) is 12.5. The van der Waals surface area contributed by atoms with Crippen molar-refractivity contribution < 1.29 is 0 Å². The van der Waals surface area contributed by atoms with Crippen LogP contribution in [0.15, 0.2) is 17.8 Å². The maximum atomic E-state index is 3.86. The fraction of sp³-hybridized carbons (Fsp3) is 0.667. The number of allylic oxidation sites excluding steroid dienone is 1. The molecule has 0 atom stereocenters. The lowest BCUT2D eigenvalue weighted by Gasteiger charge is -2.31. The molecule has 1 saturated heterocycles. The molecule has 0 aromatic carbocycles. The normalized spacial score (nSPS) is 18.0. The standard InChI is InChI=1S/C12H20N4S/c1-10(2)3-6-16-7-4-11(5-8-16)14-12-9-13-15-17-12/h3,9,11,14H,4-8H2,1-2H3. The Morgan fingerprint density at radius 3 is 2.88 bits per heavy atom. The summed E-state index contributed by atoms with van der Waals surface area (Å²) >= 11 is 1.44. The van der Waals surface area contributed by atoms with Crippen LogP contribution in [0, 0.1) is 0 Å². The van der Waals surface area contributed by atoms with Crippen LogP contribution >= 0.6 is 11.5 Å². The van der Waals surface area contributed by atoms with Crippen LogP contribution in [0.1, 0.15) is 26.7 Å². The van der Waals surface area contributed by atoms with Gasteiger partial charge in [-0.1, -0.05) is 16.1 Å². The molecule has 1 aromatic heterocycles. The summed E-state index contributed by atoms with van der Waals surface area (Å²) in [5, 5.41) is 8.43. The van der Waals surface area contributed by atoms with Crippen LogP contribution in [0.3, 0.4) is 0 Å². The number of nitrogens with zero attached hydrogens (tertiary/aromatic N) is 3. The third-order valence-electron chi connectivity index (χ3n) is 3.05. The Morgan fingerprint density at radius 1 is 1.53 bits per heavy atom. The molecule has 94 valence electrons. The molecule has 0 amide bonds. The fourth-order valence-electron chi connectivity index (χ4n) is 2.00. The molecule has 1 aliphatic heterocycles. The summed E-state index contributed by atoms with van der Waals surface area (Å²) < 4.78 is 3.86. The zero-order chi connectivity index (χ0) is 12.1. The van der Waals surface area contributed by atoms with Crippen molar-refractivity contribution in [3.05, 3.63) is 17.8 Å². The van der Waals surface area contributed by atoms with Gasteiger partial charge >= 0.3 is 0 Å². The first-order valence-electron chi connectivity index (χ1n) is 6.13. The molecule has 0 radical (unpaired) electrons. The molecule has 0 spiro atoms. The van der Waals surface area contributed by atoms with E-state index in [-0.39, 0.29) is 0 Å². The lowest BCUT2D eigenvalue weighted by atomic mass is 10.1. The van der Waals surface area contributed by atoms with E-state index in [0.717, 1.165) is 11.5 Å². The third kappa shape index (κ3) is 4.09. The smallest absolute Gasteiger partial charge is 0.130 e. The van der Waals surface area contributed by atoms with Crippen molar-refractivity contribution in [2.45, 2.75) is 32.7 Å². The molecular weight excluding hydrogens is 232 g/mol. The molecule has 17 heavy (non-hydrogen) atoms. The van der Waals surface area contributed by atoms with E-state index in [0.29, 0.717) is 6.04 Å². The fourth-order valence-corrected chi connectivity index (χ4v) is 2.50. The molecule has 1 aromatic rings. The summed E-state index contributed by atoms with van der Waals surface area (Å²) in [6, 6.07) is 0.584. The topological polar surface area (TPSA) is 41.0 Å². The maximum absolute atomic E-state index is 3.86. The second-order valence-corrected chi connectivity index (χ2v) is 5.57. The number of aromatic nitrogens is 2. The maximum Gasteiger partial charge on any atom is 0.130 e. The summed E-state index contributed by atoms with van der Waals surface area (Å²) in [6.07, 6.45) is 6.52. The molecule has 1 N–H and O–H groups in total. The van der Waals surface area contributed by atoms with Crippen molar-refractivity contribution >= 4 is 16.5 Å². The summed E-state index contributed by atoms with van der Waals surface area (Å²) in [4.78, 5) is 2.51. The van der Waals surface area contributed by atoms with Gasteiger partial charge in [0, 0.05) is 37.2 Å². The molecule has 0 bridgehead atoms. The lowest BCUT2D eigenvalue weighted by Crippen LogP contribution is -2.39. The summed E-state index contributed by atoms with van der Waals surface area (Å²) in [5.74, 6) is 0. The van der Waals surface area contributed by atoms with E-state index in [1.165, 1.54) is 43.0 Å². The summed E-state index contributed by atoms with van der Waals surface area (Å²) in [7, 11) is 0. The highest BCUT2D eigenvalue weighted by molar-refractivity contribution is 7.09. The average Bonchev–Trinajstić information content (AvgIpc) is 2.81. The van der Waals surface area contributed by atoms with E-state index in [9.17, 15) is 0 Å². The highest BCUT2D eigenvalue weighted by Crippen LogP contribution is 2.18. The Bertz CT molecular complexity index is 349. The second kappa shape index (κ2) is 6.12. The van der Waals surface area contributed by atoms with Crippen LogP contribution in [-0.2, 0) is 0 Å². The molecule has 0 unspecified atom stereocenters. The van der Waals surface area contributed by atoms with E-state index >= 15 is 0 Å². The van der Waals surface area contributed by atoms with E-state index in [1.54, 1.807) is 6.20 Å². The number of likely N-dealkylation sites (tertiary alicyclic amines) is 1. The van der Waals surface area contributed by atoms with Crippen molar-refractivity contribution in [2.24, 2.45) is 0 Å². The Balaban J connectivity index is 1.72. The van der Waals surface area contributed by atoms with Gasteiger partial charge in [0.25, 0.3) is 0 Å². The van der Waals surface area contributed by atoms with Crippen molar-refractivity contribution in [1.29, 1.82) is 0 Å². The van der Waals surface area contributed by atoms with E-state index in [4.69, 9.17) is 0 Å². The molecule has 2 heterocycles. The number of rotatable bonds is 4. The minimum atomic E-state index is 0.584. The quantitative estimate of drug-likeness (QED) is 0.835. The van der Waals surface area contributed by atoms with Gasteiger partial charge in [0.15, 0.2) is 0 Å². The molecule has 1 aliphatic rings.